The van der Waals surface area contributed by atoms with E-state index in [9.17, 15) is 4.79 Å². The lowest BCUT2D eigenvalue weighted by molar-refractivity contribution is 0.245. The van der Waals surface area contributed by atoms with Crippen LogP contribution in [0.3, 0.4) is 0 Å². The van der Waals surface area contributed by atoms with E-state index in [1.807, 2.05) is 10.0 Å². The largest absolute Gasteiger partial charge is 0.493 e. The fourth-order valence-corrected chi connectivity index (χ4v) is 5.36. The van der Waals surface area contributed by atoms with E-state index >= 15 is 0 Å². The third-order valence-corrected chi connectivity index (χ3v) is 6.87. The first-order valence-corrected chi connectivity index (χ1v) is 9.93. The first-order valence-electron chi connectivity index (χ1n) is 9.16. The van der Waals surface area contributed by atoms with Crippen LogP contribution in [0.4, 0.5) is 0 Å². The Balaban J connectivity index is 1.53. The minimum atomic E-state index is 0.0822. The normalized spacial score (nSPS) is 23.8. The van der Waals surface area contributed by atoms with Crippen molar-refractivity contribution in [3.63, 3.8) is 0 Å². The van der Waals surface area contributed by atoms with Crippen LogP contribution in [0.5, 0.6) is 11.5 Å². The summed E-state index contributed by atoms with van der Waals surface area (Å²) in [6.45, 7) is 4.14. The lowest BCUT2D eigenvalue weighted by Crippen LogP contribution is -2.32. The molecule has 5 nitrogen and oxygen atoms in total. The summed E-state index contributed by atoms with van der Waals surface area (Å²) >= 11 is 1.53. The Morgan fingerprint density at radius 3 is 2.20 bits per heavy atom. The van der Waals surface area contributed by atoms with Gasteiger partial charge in [0.1, 0.15) is 0 Å². The van der Waals surface area contributed by atoms with Crippen LogP contribution in [0.25, 0.3) is 10.1 Å². The minimum Gasteiger partial charge on any atom is -0.493 e. The highest BCUT2D eigenvalue weighted by atomic mass is 32.1. The molecule has 6 heteroatoms. The quantitative estimate of drug-likeness (QED) is 0.819. The molecule has 136 valence electrons. The monoisotopic (exact) mass is 362 g/mol. The van der Waals surface area contributed by atoms with Crippen LogP contribution in [0.2, 0.25) is 0 Å². The van der Waals surface area contributed by atoms with Gasteiger partial charge in [0.25, 0.3) is 5.56 Å². The van der Waals surface area contributed by atoms with E-state index in [0.717, 1.165) is 35.0 Å². The molecule has 1 aromatic carbocycles. The fourth-order valence-electron chi connectivity index (χ4n) is 4.36. The molecule has 25 heavy (non-hydrogen) atoms. The molecule has 1 aliphatic carbocycles. The Bertz CT molecular complexity index is 791. The van der Waals surface area contributed by atoms with Crippen molar-refractivity contribution in [3.05, 3.63) is 22.5 Å². The van der Waals surface area contributed by atoms with Gasteiger partial charge < -0.3 is 14.4 Å². The summed E-state index contributed by atoms with van der Waals surface area (Å²) in [6.07, 6.45) is 5.57. The second-order valence-electron chi connectivity index (χ2n) is 7.35. The summed E-state index contributed by atoms with van der Waals surface area (Å²) in [6, 6.07) is 3.71. The number of hydrogen-bond acceptors (Lipinski definition) is 5. The summed E-state index contributed by atoms with van der Waals surface area (Å²) < 4.78 is 13.5. The standard InChI is InChI=1S/C19H26N2O3S/c1-23-16-9-15-18(10-17(16)24-2)25-21(19(15)22)8-7-20-11-13-3-4-14(12-20)6-5-13/h9-10,13-14H,3-8,11-12H2,1-2H3. The molecule has 5 rings (SSSR count). The molecule has 2 saturated heterocycles. The van der Waals surface area contributed by atoms with Crippen molar-refractivity contribution >= 4 is 21.6 Å². The van der Waals surface area contributed by atoms with Crippen LogP contribution in [0.15, 0.2) is 16.9 Å². The number of aromatic nitrogens is 1. The van der Waals surface area contributed by atoms with E-state index in [1.54, 1.807) is 20.3 Å². The van der Waals surface area contributed by atoms with Gasteiger partial charge in [-0.15, -0.1) is 0 Å². The predicted octanol–water partition coefficient (Wildman–Crippen LogP) is 3.20. The Morgan fingerprint density at radius 2 is 1.60 bits per heavy atom. The zero-order valence-electron chi connectivity index (χ0n) is 15.0. The maximum Gasteiger partial charge on any atom is 0.268 e. The molecule has 0 radical (unpaired) electrons. The highest BCUT2D eigenvalue weighted by Crippen LogP contribution is 2.34. The number of benzene rings is 1. The topological polar surface area (TPSA) is 43.7 Å². The fraction of sp³-hybridized carbons (Fsp3) is 0.632. The number of ether oxygens (including phenoxy) is 2. The summed E-state index contributed by atoms with van der Waals surface area (Å²) in [5, 5.41) is 0.721. The van der Waals surface area contributed by atoms with E-state index in [1.165, 1.54) is 50.3 Å². The molecule has 0 unspecified atom stereocenters. The highest BCUT2D eigenvalue weighted by Gasteiger charge is 2.29. The van der Waals surface area contributed by atoms with Gasteiger partial charge in [0.05, 0.1) is 24.3 Å². The van der Waals surface area contributed by atoms with Crippen molar-refractivity contribution in [2.75, 3.05) is 33.9 Å². The molecular formula is C19H26N2O3S. The molecule has 1 aromatic heterocycles. The average molecular weight is 362 g/mol. The lowest BCUT2D eigenvalue weighted by Gasteiger charge is -2.21. The van der Waals surface area contributed by atoms with E-state index in [4.69, 9.17) is 9.47 Å². The smallest absolute Gasteiger partial charge is 0.268 e. The Hall–Kier alpha value is -1.53. The molecule has 2 aromatic rings. The number of nitrogens with zero attached hydrogens (tertiary/aromatic N) is 2. The number of fused-ring (bicyclic) bond motifs is 5. The zero-order valence-corrected chi connectivity index (χ0v) is 15.8. The van der Waals surface area contributed by atoms with Gasteiger partial charge in [-0.25, -0.2) is 0 Å². The van der Waals surface area contributed by atoms with Gasteiger partial charge in [-0.05, 0) is 43.6 Å². The van der Waals surface area contributed by atoms with Crippen molar-refractivity contribution in [1.82, 2.24) is 8.86 Å². The van der Waals surface area contributed by atoms with Gasteiger partial charge in [0, 0.05) is 32.2 Å². The van der Waals surface area contributed by atoms with E-state index in [0.29, 0.717) is 11.5 Å². The first-order chi connectivity index (χ1) is 12.2. The summed E-state index contributed by atoms with van der Waals surface area (Å²) in [5.74, 6) is 3.02. The second-order valence-corrected chi connectivity index (χ2v) is 8.41. The molecule has 3 heterocycles. The minimum absolute atomic E-state index is 0.0822. The number of hydrogen-bond donors (Lipinski definition) is 0. The SMILES string of the molecule is COc1cc2sn(CCN3CC4CCC(CC4)C3)c(=O)c2cc1OC. The molecular weight excluding hydrogens is 336 g/mol. The molecule has 1 saturated carbocycles. The maximum absolute atomic E-state index is 12.7. The van der Waals surface area contributed by atoms with Gasteiger partial charge >= 0.3 is 0 Å². The molecule has 0 amide bonds. The molecule has 0 N–H and O–H groups in total. The van der Waals surface area contributed by atoms with Crippen LogP contribution in [-0.2, 0) is 6.54 Å². The first kappa shape index (κ1) is 16.9. The Kier molecular flexibility index (Phi) is 4.73. The van der Waals surface area contributed by atoms with E-state index in [-0.39, 0.29) is 5.56 Å². The van der Waals surface area contributed by atoms with Gasteiger partial charge in [-0.2, -0.15) is 0 Å². The molecule has 0 spiro atoms. The van der Waals surface area contributed by atoms with Crippen LogP contribution >= 0.6 is 11.5 Å². The van der Waals surface area contributed by atoms with E-state index < -0.39 is 0 Å². The van der Waals surface area contributed by atoms with Crippen molar-refractivity contribution in [2.24, 2.45) is 11.8 Å². The average Bonchev–Trinajstić information content (AvgIpc) is 2.80. The Morgan fingerprint density at radius 1 is 1.00 bits per heavy atom. The molecule has 2 bridgehead atoms. The van der Waals surface area contributed by atoms with E-state index in [2.05, 4.69) is 4.90 Å². The summed E-state index contributed by atoms with van der Waals surface area (Å²) in [7, 11) is 3.22. The zero-order chi connectivity index (χ0) is 17.4. The van der Waals surface area contributed by atoms with Crippen LogP contribution in [0, 0.1) is 11.8 Å². The molecule has 3 fully saturated rings. The highest BCUT2D eigenvalue weighted by molar-refractivity contribution is 7.13. The van der Waals surface area contributed by atoms with Crippen molar-refractivity contribution in [1.29, 1.82) is 0 Å². The molecule has 3 aliphatic rings. The van der Waals surface area contributed by atoms with Crippen LogP contribution in [0.1, 0.15) is 25.7 Å². The molecule has 2 aliphatic heterocycles. The van der Waals surface area contributed by atoms with Crippen LogP contribution in [-0.4, -0.2) is 42.7 Å². The number of methoxy groups -OCH3 is 2. The maximum atomic E-state index is 12.7. The van der Waals surface area contributed by atoms with Gasteiger partial charge in [0.15, 0.2) is 11.5 Å². The third kappa shape index (κ3) is 3.29. The van der Waals surface area contributed by atoms with Gasteiger partial charge in [-0.1, -0.05) is 11.5 Å². The summed E-state index contributed by atoms with van der Waals surface area (Å²) in [4.78, 5) is 15.3. The third-order valence-electron chi connectivity index (χ3n) is 5.77. The van der Waals surface area contributed by atoms with Crippen molar-refractivity contribution in [2.45, 2.75) is 32.2 Å². The summed E-state index contributed by atoms with van der Waals surface area (Å²) in [5.41, 5.74) is 0.0822. The second kappa shape index (κ2) is 7.00. The Labute approximate surface area is 152 Å². The van der Waals surface area contributed by atoms with Crippen LogP contribution < -0.4 is 15.0 Å². The lowest BCUT2D eigenvalue weighted by atomic mass is 9.84. The molecule has 0 atom stereocenters. The number of rotatable bonds is 5. The van der Waals surface area contributed by atoms with Gasteiger partial charge in [0.2, 0.25) is 0 Å². The van der Waals surface area contributed by atoms with Crippen molar-refractivity contribution < 1.29 is 9.47 Å². The van der Waals surface area contributed by atoms with Crippen molar-refractivity contribution in [3.8, 4) is 11.5 Å². The predicted molar refractivity (Wildman–Crippen MR) is 101 cm³/mol. The van der Waals surface area contributed by atoms with Gasteiger partial charge in [-0.3, -0.25) is 8.75 Å².